The number of nitrogens with zero attached hydrogens (tertiary/aromatic N) is 1. The van der Waals surface area contributed by atoms with Gasteiger partial charge in [-0.1, -0.05) is 30.3 Å². The molecule has 1 aromatic carbocycles. The highest BCUT2D eigenvalue weighted by molar-refractivity contribution is 5.86. The second-order valence-electron chi connectivity index (χ2n) is 4.72. The first-order chi connectivity index (χ1) is 8.10. The molecule has 1 fully saturated rings. The summed E-state index contributed by atoms with van der Waals surface area (Å²) in [6.45, 7) is 2.37. The molecule has 1 aliphatic heterocycles. The molecular weight excluding hydrogens is 323 g/mol. The molecule has 20 heavy (non-hydrogen) atoms. The predicted molar refractivity (Wildman–Crippen MR) is 87.3 cm³/mol. The summed E-state index contributed by atoms with van der Waals surface area (Å²) < 4.78 is 0. The molecule has 4 nitrogen and oxygen atoms in total. The van der Waals surface area contributed by atoms with Gasteiger partial charge >= 0.3 is 5.97 Å². The zero-order valence-corrected chi connectivity index (χ0v) is 13.5. The number of rotatable bonds is 3. The molecule has 1 saturated heterocycles. The monoisotopic (exact) mass is 342 g/mol. The van der Waals surface area contributed by atoms with Crippen molar-refractivity contribution in [2.45, 2.75) is 24.9 Å². The third kappa shape index (κ3) is 5.46. The van der Waals surface area contributed by atoms with Crippen LogP contribution in [0.2, 0.25) is 0 Å². The van der Waals surface area contributed by atoms with Crippen molar-refractivity contribution < 1.29 is 9.90 Å². The van der Waals surface area contributed by atoms with E-state index in [1.807, 2.05) is 18.2 Å². The Morgan fingerprint density at radius 1 is 1.15 bits per heavy atom. The van der Waals surface area contributed by atoms with E-state index in [-0.39, 0.29) is 37.2 Å². The first-order valence-corrected chi connectivity index (χ1v) is 5.89. The van der Waals surface area contributed by atoms with Gasteiger partial charge in [0.05, 0.1) is 0 Å². The lowest BCUT2D eigenvalue weighted by Crippen LogP contribution is -2.55. The Balaban J connectivity index is 0. The van der Waals surface area contributed by atoms with Gasteiger partial charge in [0.2, 0.25) is 0 Å². The van der Waals surface area contributed by atoms with Crippen LogP contribution in [0.4, 0.5) is 0 Å². The average Bonchev–Trinajstić information content (AvgIpc) is 2.33. The Bertz CT molecular complexity index is 396. The lowest BCUT2D eigenvalue weighted by Gasteiger charge is -2.36. The van der Waals surface area contributed by atoms with Crippen molar-refractivity contribution in [1.29, 1.82) is 0 Å². The first kappa shape index (κ1) is 21.8. The van der Waals surface area contributed by atoms with Crippen LogP contribution in [0.5, 0.6) is 0 Å². The SMILES string of the molecule is Cl.Cl.Cl.NC1(C(=O)O)CCN(Cc2ccccc2)CC1. The molecule has 3 N–H and O–H groups in total. The Kier molecular flexibility index (Phi) is 10.3. The largest absolute Gasteiger partial charge is 0.480 e. The van der Waals surface area contributed by atoms with Gasteiger partial charge in [0.1, 0.15) is 5.54 Å². The van der Waals surface area contributed by atoms with Gasteiger partial charge in [0.15, 0.2) is 0 Å². The van der Waals surface area contributed by atoms with Crippen molar-refractivity contribution in [2.24, 2.45) is 5.73 Å². The summed E-state index contributed by atoms with van der Waals surface area (Å²) in [5.74, 6) is -0.878. The maximum Gasteiger partial charge on any atom is 0.323 e. The van der Waals surface area contributed by atoms with Crippen molar-refractivity contribution in [3.8, 4) is 0 Å². The number of carboxylic acids is 1. The van der Waals surface area contributed by atoms with Crippen LogP contribution >= 0.6 is 37.2 Å². The molecule has 0 amide bonds. The van der Waals surface area contributed by atoms with Gasteiger partial charge in [-0.2, -0.15) is 0 Å². The minimum Gasteiger partial charge on any atom is -0.480 e. The predicted octanol–water partition coefficient (Wildman–Crippen LogP) is 2.33. The number of likely N-dealkylation sites (tertiary alicyclic amines) is 1. The molecule has 1 heterocycles. The lowest BCUT2D eigenvalue weighted by atomic mass is 9.88. The third-order valence-corrected chi connectivity index (χ3v) is 3.42. The Hall–Kier alpha value is -0.520. The minimum absolute atomic E-state index is 0. The van der Waals surface area contributed by atoms with Crippen molar-refractivity contribution >= 4 is 43.2 Å². The van der Waals surface area contributed by atoms with Gasteiger partial charge in [-0.15, -0.1) is 37.2 Å². The number of halogens is 3. The second-order valence-corrected chi connectivity index (χ2v) is 4.72. The molecule has 0 atom stereocenters. The summed E-state index contributed by atoms with van der Waals surface area (Å²) in [7, 11) is 0. The number of hydrogen-bond acceptors (Lipinski definition) is 3. The number of hydrogen-bond donors (Lipinski definition) is 2. The number of piperidine rings is 1. The van der Waals surface area contributed by atoms with E-state index in [1.54, 1.807) is 0 Å². The van der Waals surface area contributed by atoms with Gasteiger partial charge in [-0.05, 0) is 18.4 Å². The molecule has 0 unspecified atom stereocenters. The average molecular weight is 344 g/mol. The molecule has 0 spiro atoms. The standard InChI is InChI=1S/C13H18N2O2.3ClH/c14-13(12(16)17)6-8-15(9-7-13)10-11-4-2-1-3-5-11;;;/h1-5H,6-10,14H2,(H,16,17);3*1H. The van der Waals surface area contributed by atoms with E-state index in [9.17, 15) is 4.79 Å². The molecular formula is C13H21Cl3N2O2. The molecule has 1 aliphatic rings. The van der Waals surface area contributed by atoms with Crippen LogP contribution in [0.25, 0.3) is 0 Å². The second kappa shape index (κ2) is 9.42. The van der Waals surface area contributed by atoms with Crippen molar-refractivity contribution in [2.75, 3.05) is 13.1 Å². The van der Waals surface area contributed by atoms with Crippen LogP contribution in [0.3, 0.4) is 0 Å². The highest BCUT2D eigenvalue weighted by atomic mass is 35.5. The molecule has 116 valence electrons. The number of aliphatic carboxylic acids is 1. The van der Waals surface area contributed by atoms with Crippen LogP contribution in [0.15, 0.2) is 30.3 Å². The van der Waals surface area contributed by atoms with Crippen molar-refractivity contribution in [3.05, 3.63) is 35.9 Å². The number of benzene rings is 1. The Morgan fingerprint density at radius 2 is 1.65 bits per heavy atom. The van der Waals surface area contributed by atoms with E-state index in [2.05, 4.69) is 17.0 Å². The molecule has 2 rings (SSSR count). The van der Waals surface area contributed by atoms with Crippen molar-refractivity contribution in [3.63, 3.8) is 0 Å². The van der Waals surface area contributed by atoms with Gasteiger partial charge in [-0.25, -0.2) is 0 Å². The van der Waals surface area contributed by atoms with E-state index >= 15 is 0 Å². The quantitative estimate of drug-likeness (QED) is 0.884. The smallest absolute Gasteiger partial charge is 0.323 e. The molecule has 0 bridgehead atoms. The van der Waals surface area contributed by atoms with Gasteiger partial charge in [0, 0.05) is 19.6 Å². The maximum atomic E-state index is 11.0. The van der Waals surface area contributed by atoms with Crippen LogP contribution < -0.4 is 5.73 Å². The molecule has 0 aliphatic carbocycles. The summed E-state index contributed by atoms with van der Waals surface area (Å²) >= 11 is 0. The minimum atomic E-state index is -1.02. The van der Waals surface area contributed by atoms with Crippen molar-refractivity contribution in [1.82, 2.24) is 4.90 Å². The third-order valence-electron chi connectivity index (χ3n) is 3.42. The fourth-order valence-electron chi connectivity index (χ4n) is 2.17. The maximum absolute atomic E-state index is 11.0. The normalized spacial score (nSPS) is 17.1. The highest BCUT2D eigenvalue weighted by Gasteiger charge is 2.37. The Labute approximate surface area is 137 Å². The highest BCUT2D eigenvalue weighted by Crippen LogP contribution is 2.21. The fraction of sp³-hybridized carbons (Fsp3) is 0.462. The zero-order valence-electron chi connectivity index (χ0n) is 11.0. The topological polar surface area (TPSA) is 66.6 Å². The first-order valence-electron chi connectivity index (χ1n) is 5.89. The zero-order chi connectivity index (χ0) is 12.3. The van der Waals surface area contributed by atoms with Gasteiger partial charge in [-0.3, -0.25) is 9.69 Å². The van der Waals surface area contributed by atoms with Gasteiger partial charge in [0.25, 0.3) is 0 Å². The number of carboxylic acid groups (broad SMARTS) is 1. The molecule has 1 aromatic rings. The number of nitrogens with two attached hydrogens (primary N) is 1. The van der Waals surface area contributed by atoms with Crippen LogP contribution in [-0.2, 0) is 11.3 Å². The summed E-state index contributed by atoms with van der Waals surface area (Å²) in [6.07, 6.45) is 1.05. The summed E-state index contributed by atoms with van der Waals surface area (Å²) in [5.41, 5.74) is 6.07. The molecule has 0 radical (unpaired) electrons. The Morgan fingerprint density at radius 3 is 2.10 bits per heavy atom. The molecule has 7 heteroatoms. The number of carbonyl (C=O) groups is 1. The van der Waals surface area contributed by atoms with Gasteiger partial charge < -0.3 is 10.8 Å². The van der Waals surface area contributed by atoms with Crippen LogP contribution in [-0.4, -0.2) is 34.6 Å². The molecule has 0 saturated carbocycles. The van der Waals surface area contributed by atoms with Crippen LogP contribution in [0, 0.1) is 0 Å². The molecule has 0 aromatic heterocycles. The van der Waals surface area contributed by atoms with E-state index in [0.29, 0.717) is 12.8 Å². The lowest BCUT2D eigenvalue weighted by molar-refractivity contribution is -0.145. The summed E-state index contributed by atoms with van der Waals surface area (Å²) in [6, 6.07) is 10.2. The van der Waals surface area contributed by atoms with E-state index in [1.165, 1.54) is 5.56 Å². The van der Waals surface area contributed by atoms with Crippen LogP contribution in [0.1, 0.15) is 18.4 Å². The van der Waals surface area contributed by atoms with E-state index in [4.69, 9.17) is 10.8 Å². The summed E-state index contributed by atoms with van der Waals surface area (Å²) in [4.78, 5) is 13.3. The fourth-order valence-corrected chi connectivity index (χ4v) is 2.17. The summed E-state index contributed by atoms with van der Waals surface area (Å²) in [5, 5.41) is 9.03. The van der Waals surface area contributed by atoms with E-state index < -0.39 is 11.5 Å². The van der Waals surface area contributed by atoms with E-state index in [0.717, 1.165) is 19.6 Å².